The second kappa shape index (κ2) is 9.86. The summed E-state index contributed by atoms with van der Waals surface area (Å²) >= 11 is 0. The molecule has 0 unspecified atom stereocenters. The number of fused-ring (bicyclic) bond motifs is 1. The molecule has 10 nitrogen and oxygen atoms in total. The zero-order chi connectivity index (χ0) is 27.9. The Balaban J connectivity index is 1.57. The van der Waals surface area contributed by atoms with Gasteiger partial charge >= 0.3 is 12.0 Å². The minimum Gasteiger partial charge on any atom is -0.478 e. The molecule has 0 bridgehead atoms. The number of nitrogens with one attached hydrogen (secondary N) is 4. The van der Waals surface area contributed by atoms with Crippen LogP contribution in [0.2, 0.25) is 0 Å². The van der Waals surface area contributed by atoms with Gasteiger partial charge in [-0.2, -0.15) is 0 Å². The average molecular weight is 528 g/mol. The molecule has 1 aliphatic heterocycles. The maximum Gasteiger partial charge on any atom is 0.337 e. The third-order valence-electron chi connectivity index (χ3n) is 5.86. The number of carboxylic acid groups (broad SMARTS) is 1. The van der Waals surface area contributed by atoms with E-state index in [-0.39, 0.29) is 28.0 Å². The molecule has 0 aliphatic carbocycles. The van der Waals surface area contributed by atoms with E-state index in [9.17, 15) is 37.5 Å². The largest absolute Gasteiger partial charge is 0.478 e. The fourth-order valence-corrected chi connectivity index (χ4v) is 4.09. The third kappa shape index (κ3) is 4.74. The van der Waals surface area contributed by atoms with Crippen molar-refractivity contribution in [3.05, 3.63) is 80.9 Å². The summed E-state index contributed by atoms with van der Waals surface area (Å²) in [5.74, 6) is -6.83. The molecule has 0 saturated carbocycles. The van der Waals surface area contributed by atoms with E-state index in [0.717, 1.165) is 24.3 Å². The van der Waals surface area contributed by atoms with E-state index in [0.29, 0.717) is 17.0 Å². The number of aromatic amines is 1. The molecule has 2 aromatic carbocycles. The van der Waals surface area contributed by atoms with Gasteiger partial charge in [-0.15, -0.1) is 0 Å². The molecule has 2 heterocycles. The Morgan fingerprint density at radius 2 is 1.66 bits per heavy atom. The SMILES string of the molecule is Cc1[nH]c(C=C2C(=O)Nc3cc(NC(=O)NC(=O)c4c(F)cc(CO)cc4F)c(F)cc32)c(C)c1C(=O)O. The summed E-state index contributed by atoms with van der Waals surface area (Å²) in [5, 5.41) is 24.6. The number of aliphatic hydroxyl groups is 1. The Kier molecular flexibility index (Phi) is 6.79. The van der Waals surface area contributed by atoms with E-state index in [1.165, 1.54) is 6.08 Å². The Morgan fingerprint density at radius 1 is 1.00 bits per heavy atom. The van der Waals surface area contributed by atoms with E-state index in [2.05, 4.69) is 10.3 Å². The zero-order valence-corrected chi connectivity index (χ0v) is 19.8. The van der Waals surface area contributed by atoms with Crippen molar-refractivity contribution in [3.8, 4) is 0 Å². The third-order valence-corrected chi connectivity index (χ3v) is 5.86. The van der Waals surface area contributed by atoms with Crippen LogP contribution in [0.3, 0.4) is 0 Å². The highest BCUT2D eigenvalue weighted by Gasteiger charge is 2.28. The number of urea groups is 1. The molecule has 6 N–H and O–H groups in total. The number of benzene rings is 2. The summed E-state index contributed by atoms with van der Waals surface area (Å²) < 4.78 is 43.0. The first-order valence-electron chi connectivity index (χ1n) is 10.9. The number of rotatable bonds is 5. The van der Waals surface area contributed by atoms with Crippen LogP contribution in [0.25, 0.3) is 11.6 Å². The lowest BCUT2D eigenvalue weighted by Gasteiger charge is -2.11. The Labute approximate surface area is 212 Å². The number of carboxylic acids is 1. The molecule has 1 aromatic heterocycles. The number of aryl methyl sites for hydroxylation is 1. The highest BCUT2D eigenvalue weighted by molar-refractivity contribution is 6.35. The molecule has 196 valence electrons. The average Bonchev–Trinajstić information content (AvgIpc) is 3.27. The van der Waals surface area contributed by atoms with Crippen molar-refractivity contribution in [2.75, 3.05) is 10.6 Å². The quantitative estimate of drug-likeness (QED) is 0.277. The maximum atomic E-state index is 14.8. The lowest BCUT2D eigenvalue weighted by atomic mass is 10.0. The molecule has 0 spiro atoms. The van der Waals surface area contributed by atoms with E-state index in [1.54, 1.807) is 19.2 Å². The van der Waals surface area contributed by atoms with Crippen LogP contribution in [0, 0.1) is 31.3 Å². The topological polar surface area (TPSA) is 161 Å². The molecule has 4 amide bonds. The maximum absolute atomic E-state index is 14.8. The summed E-state index contributed by atoms with van der Waals surface area (Å²) in [6.07, 6.45) is 1.37. The fraction of sp³-hybridized carbons (Fsp3) is 0.120. The second-order valence-corrected chi connectivity index (χ2v) is 8.36. The van der Waals surface area contributed by atoms with Crippen molar-refractivity contribution < 1.29 is 42.6 Å². The summed E-state index contributed by atoms with van der Waals surface area (Å²) in [6.45, 7) is 2.44. The van der Waals surface area contributed by atoms with Gasteiger partial charge in [0.05, 0.1) is 29.1 Å². The molecule has 3 aromatic rings. The smallest absolute Gasteiger partial charge is 0.337 e. The normalized spacial score (nSPS) is 13.3. The standard InChI is InChI=1S/C25H19F3N4O6/c1-9-17(29-10(2)20(9)24(36)37)6-13-12-5-14(26)19(7-18(12)30-22(13)34)31-25(38)32-23(35)21-15(27)3-11(8-33)4-16(21)28/h3-7,29,33H,8H2,1-2H3,(H,30,34)(H,36,37)(H2,31,32,35,38). The van der Waals surface area contributed by atoms with Crippen LogP contribution in [0.15, 0.2) is 24.3 Å². The number of hydrogen-bond acceptors (Lipinski definition) is 5. The van der Waals surface area contributed by atoms with Gasteiger partial charge in [-0.25, -0.2) is 22.8 Å². The van der Waals surface area contributed by atoms with Gasteiger partial charge in [0.1, 0.15) is 23.0 Å². The van der Waals surface area contributed by atoms with Crippen LogP contribution in [-0.2, 0) is 11.4 Å². The van der Waals surface area contributed by atoms with Gasteiger partial charge in [0.2, 0.25) is 0 Å². The van der Waals surface area contributed by atoms with Gasteiger partial charge in [-0.05, 0) is 55.3 Å². The number of carbonyl (C=O) groups excluding carboxylic acids is 3. The predicted molar refractivity (Wildman–Crippen MR) is 129 cm³/mol. The number of H-pyrrole nitrogens is 1. The molecule has 0 radical (unpaired) electrons. The van der Waals surface area contributed by atoms with Crippen molar-refractivity contribution in [2.24, 2.45) is 0 Å². The number of anilines is 2. The first-order valence-corrected chi connectivity index (χ1v) is 10.9. The minimum absolute atomic E-state index is 0.0312. The van der Waals surface area contributed by atoms with Crippen molar-refractivity contribution in [1.82, 2.24) is 10.3 Å². The number of amides is 4. The molecular weight excluding hydrogens is 509 g/mol. The number of aromatic carboxylic acids is 1. The second-order valence-electron chi connectivity index (χ2n) is 8.36. The molecular formula is C25H19F3N4O6. The molecule has 0 saturated heterocycles. The van der Waals surface area contributed by atoms with Gasteiger partial charge < -0.3 is 25.8 Å². The zero-order valence-electron chi connectivity index (χ0n) is 19.8. The van der Waals surface area contributed by atoms with E-state index in [4.69, 9.17) is 5.11 Å². The monoisotopic (exact) mass is 528 g/mol. The predicted octanol–water partition coefficient (Wildman–Crippen LogP) is 3.69. The van der Waals surface area contributed by atoms with Crippen molar-refractivity contribution in [3.63, 3.8) is 0 Å². The Morgan fingerprint density at radius 3 is 2.24 bits per heavy atom. The molecule has 38 heavy (non-hydrogen) atoms. The van der Waals surface area contributed by atoms with Crippen molar-refractivity contribution >= 4 is 46.8 Å². The molecule has 1 aliphatic rings. The summed E-state index contributed by atoms with van der Waals surface area (Å²) in [4.78, 5) is 51.3. The first-order chi connectivity index (χ1) is 17.9. The van der Waals surface area contributed by atoms with E-state index in [1.807, 2.05) is 5.32 Å². The van der Waals surface area contributed by atoms with Crippen LogP contribution in [-0.4, -0.2) is 39.0 Å². The van der Waals surface area contributed by atoms with Crippen LogP contribution in [0.1, 0.15) is 48.8 Å². The molecule has 0 fully saturated rings. The first kappa shape index (κ1) is 26.2. The van der Waals surface area contributed by atoms with Crippen LogP contribution in [0.5, 0.6) is 0 Å². The van der Waals surface area contributed by atoms with Crippen LogP contribution in [0.4, 0.5) is 29.3 Å². The van der Waals surface area contributed by atoms with Gasteiger partial charge in [0.15, 0.2) is 0 Å². The van der Waals surface area contributed by atoms with Crippen LogP contribution >= 0.6 is 0 Å². The number of aliphatic hydroxyl groups excluding tert-OH is 1. The summed E-state index contributed by atoms with van der Waals surface area (Å²) in [7, 11) is 0. The van der Waals surface area contributed by atoms with Gasteiger partial charge in [-0.1, -0.05) is 0 Å². The van der Waals surface area contributed by atoms with E-state index >= 15 is 0 Å². The highest BCUT2D eigenvalue weighted by atomic mass is 19.1. The van der Waals surface area contributed by atoms with Crippen LogP contribution < -0.4 is 16.0 Å². The number of hydrogen-bond donors (Lipinski definition) is 6. The number of imide groups is 1. The Hall–Kier alpha value is -4.91. The lowest BCUT2D eigenvalue weighted by Crippen LogP contribution is -2.35. The lowest BCUT2D eigenvalue weighted by molar-refractivity contribution is -0.110. The number of halogens is 3. The molecule has 0 atom stereocenters. The summed E-state index contributed by atoms with van der Waals surface area (Å²) in [6, 6.07) is 2.18. The highest BCUT2D eigenvalue weighted by Crippen LogP contribution is 2.37. The van der Waals surface area contributed by atoms with Crippen molar-refractivity contribution in [1.29, 1.82) is 0 Å². The number of aromatic nitrogens is 1. The Bertz CT molecular complexity index is 1550. The minimum atomic E-state index is -1.44. The molecule has 13 heteroatoms. The van der Waals surface area contributed by atoms with E-state index < -0.39 is 59.1 Å². The molecule has 4 rings (SSSR count). The van der Waals surface area contributed by atoms with Crippen molar-refractivity contribution in [2.45, 2.75) is 20.5 Å². The number of carbonyl (C=O) groups is 4. The van der Waals surface area contributed by atoms with Gasteiger partial charge in [-0.3, -0.25) is 14.9 Å². The van der Waals surface area contributed by atoms with Gasteiger partial charge in [0.25, 0.3) is 11.8 Å². The fourth-order valence-electron chi connectivity index (χ4n) is 4.09. The van der Waals surface area contributed by atoms with Gasteiger partial charge in [0, 0.05) is 17.0 Å². The summed E-state index contributed by atoms with van der Waals surface area (Å²) in [5.41, 5.74) is -0.243.